The predicted molar refractivity (Wildman–Crippen MR) is 103 cm³/mol. The average molecular weight is 390 g/mol. The number of hydrogen-bond donors (Lipinski definition) is 3. The zero-order valence-electron chi connectivity index (χ0n) is 15.0. The second kappa shape index (κ2) is 8.21. The van der Waals surface area contributed by atoms with Crippen LogP contribution in [0.15, 0.2) is 67.0 Å². The van der Waals surface area contributed by atoms with Crippen molar-refractivity contribution in [2.24, 2.45) is 0 Å². The number of carbonyl (C=O) groups is 1. The lowest BCUT2D eigenvalue weighted by molar-refractivity contribution is -0.117. The molecule has 4 aromatic rings. The monoisotopic (exact) mass is 390 g/mol. The number of rotatable bonds is 6. The highest BCUT2D eigenvalue weighted by Crippen LogP contribution is 2.21. The lowest BCUT2D eigenvalue weighted by Gasteiger charge is -2.19. The first kappa shape index (κ1) is 18.2. The van der Waals surface area contributed by atoms with Crippen molar-refractivity contribution in [3.05, 3.63) is 78.4 Å². The largest absolute Gasteiger partial charge is 0.339 e. The number of halogens is 1. The number of nitrogens with zero attached hydrogens (tertiary/aromatic N) is 5. The van der Waals surface area contributed by atoms with Crippen LogP contribution in [0, 0.1) is 5.82 Å². The number of hydrogen-bond acceptors (Lipinski definition) is 7. The maximum Gasteiger partial charge on any atom is 0.251 e. The molecule has 0 bridgehead atoms. The minimum atomic E-state index is -0.841. The molecule has 2 aromatic carbocycles. The molecule has 1 atom stereocenters. The van der Waals surface area contributed by atoms with E-state index >= 15 is 0 Å². The van der Waals surface area contributed by atoms with Gasteiger partial charge >= 0.3 is 0 Å². The Morgan fingerprint density at radius 1 is 1.00 bits per heavy atom. The van der Waals surface area contributed by atoms with Gasteiger partial charge in [0.05, 0.1) is 5.56 Å². The van der Waals surface area contributed by atoms with Crippen LogP contribution in [0.5, 0.6) is 0 Å². The smallest absolute Gasteiger partial charge is 0.251 e. The van der Waals surface area contributed by atoms with Gasteiger partial charge in [0.1, 0.15) is 11.9 Å². The number of anilines is 2. The van der Waals surface area contributed by atoms with Crippen molar-refractivity contribution in [3.8, 4) is 11.4 Å². The van der Waals surface area contributed by atoms with E-state index in [1.54, 1.807) is 12.1 Å². The van der Waals surface area contributed by atoms with E-state index in [9.17, 15) is 9.18 Å². The van der Waals surface area contributed by atoms with Crippen LogP contribution in [-0.4, -0.2) is 36.5 Å². The molecule has 0 fully saturated rings. The standard InChI is InChI=1S/C19H15FN8O/c20-14-8-6-12(7-9-14)16(18(29)23-15-4-2-1-3-5-15)24-19-21-10-13(11-22-19)17-25-27-28-26-17/h1-11,16H,(H,23,29)(H,21,22,24)(H,25,26,27,28). The van der Waals surface area contributed by atoms with Crippen molar-refractivity contribution >= 4 is 17.5 Å². The fourth-order valence-corrected chi connectivity index (χ4v) is 2.62. The number of aromatic amines is 1. The highest BCUT2D eigenvalue weighted by atomic mass is 19.1. The number of H-pyrrole nitrogens is 1. The van der Waals surface area contributed by atoms with Crippen LogP contribution in [0.1, 0.15) is 11.6 Å². The molecule has 0 saturated heterocycles. The van der Waals surface area contributed by atoms with Crippen LogP contribution < -0.4 is 10.6 Å². The van der Waals surface area contributed by atoms with E-state index in [-0.39, 0.29) is 11.9 Å². The van der Waals surface area contributed by atoms with Crippen molar-refractivity contribution in [1.82, 2.24) is 30.6 Å². The minimum Gasteiger partial charge on any atom is -0.339 e. The molecule has 4 rings (SSSR count). The molecule has 0 aliphatic rings. The van der Waals surface area contributed by atoms with Gasteiger partial charge in [-0.3, -0.25) is 4.79 Å². The fourth-order valence-electron chi connectivity index (χ4n) is 2.62. The van der Waals surface area contributed by atoms with Gasteiger partial charge in [-0.25, -0.2) is 14.4 Å². The second-order valence-corrected chi connectivity index (χ2v) is 6.01. The van der Waals surface area contributed by atoms with Crippen LogP contribution >= 0.6 is 0 Å². The Morgan fingerprint density at radius 2 is 1.72 bits per heavy atom. The van der Waals surface area contributed by atoms with Gasteiger partial charge in [-0.05, 0) is 35.0 Å². The van der Waals surface area contributed by atoms with E-state index < -0.39 is 11.9 Å². The molecule has 2 aromatic heterocycles. The summed E-state index contributed by atoms with van der Waals surface area (Å²) >= 11 is 0. The number of aromatic nitrogens is 6. The van der Waals surface area contributed by atoms with Crippen LogP contribution in [0.25, 0.3) is 11.4 Å². The van der Waals surface area contributed by atoms with Gasteiger partial charge in [-0.1, -0.05) is 30.3 Å². The number of amides is 1. The first-order chi connectivity index (χ1) is 14.2. The van der Waals surface area contributed by atoms with Crippen molar-refractivity contribution < 1.29 is 9.18 Å². The van der Waals surface area contributed by atoms with Crippen molar-refractivity contribution in [2.75, 3.05) is 10.6 Å². The lowest BCUT2D eigenvalue weighted by Crippen LogP contribution is -2.28. The van der Waals surface area contributed by atoms with Crippen LogP contribution in [0.4, 0.5) is 16.0 Å². The molecule has 0 saturated carbocycles. The molecule has 2 heterocycles. The quantitative estimate of drug-likeness (QED) is 0.463. The Hall–Kier alpha value is -4.21. The van der Waals surface area contributed by atoms with Crippen molar-refractivity contribution in [1.29, 1.82) is 0 Å². The summed E-state index contributed by atoms with van der Waals surface area (Å²) in [5, 5.41) is 19.4. The van der Waals surface area contributed by atoms with Crippen molar-refractivity contribution in [2.45, 2.75) is 6.04 Å². The second-order valence-electron chi connectivity index (χ2n) is 6.01. The van der Waals surface area contributed by atoms with Gasteiger partial charge < -0.3 is 10.6 Å². The number of para-hydroxylation sites is 1. The van der Waals surface area contributed by atoms with Gasteiger partial charge in [-0.15, -0.1) is 10.2 Å². The van der Waals surface area contributed by atoms with E-state index in [1.807, 2.05) is 18.2 Å². The lowest BCUT2D eigenvalue weighted by atomic mass is 10.1. The third-order valence-corrected chi connectivity index (χ3v) is 4.04. The molecule has 3 N–H and O–H groups in total. The number of carbonyl (C=O) groups excluding carboxylic acids is 1. The van der Waals surface area contributed by atoms with E-state index in [4.69, 9.17) is 0 Å². The molecule has 9 nitrogen and oxygen atoms in total. The Kier molecular flexibility index (Phi) is 5.14. The fraction of sp³-hybridized carbons (Fsp3) is 0.0526. The van der Waals surface area contributed by atoms with E-state index in [0.717, 1.165) is 0 Å². The molecular formula is C19H15FN8O. The molecule has 1 unspecified atom stereocenters. The summed E-state index contributed by atoms with van der Waals surface area (Å²) in [5.41, 5.74) is 1.77. The van der Waals surface area contributed by atoms with Crippen LogP contribution in [0.3, 0.4) is 0 Å². The molecule has 0 radical (unpaired) electrons. The molecule has 1 amide bonds. The summed E-state index contributed by atoms with van der Waals surface area (Å²) in [5.74, 6) is -0.159. The Morgan fingerprint density at radius 3 is 2.38 bits per heavy atom. The first-order valence-corrected chi connectivity index (χ1v) is 8.63. The molecular weight excluding hydrogens is 375 g/mol. The van der Waals surface area contributed by atoms with E-state index in [2.05, 4.69) is 41.2 Å². The molecule has 10 heteroatoms. The Balaban J connectivity index is 1.58. The topological polar surface area (TPSA) is 121 Å². The molecule has 0 aliphatic heterocycles. The molecule has 0 aliphatic carbocycles. The number of nitrogens with one attached hydrogen (secondary N) is 3. The molecule has 144 valence electrons. The SMILES string of the molecule is O=C(Nc1ccccc1)C(Nc1ncc(-c2nn[nH]n2)cn1)c1ccc(F)cc1. The number of benzene rings is 2. The number of tetrazole rings is 1. The van der Waals surface area contributed by atoms with E-state index in [1.165, 1.54) is 36.7 Å². The average Bonchev–Trinajstić information content (AvgIpc) is 3.29. The minimum absolute atomic E-state index is 0.217. The molecule has 0 spiro atoms. The summed E-state index contributed by atoms with van der Waals surface area (Å²) in [4.78, 5) is 21.3. The summed E-state index contributed by atoms with van der Waals surface area (Å²) in [6.07, 6.45) is 3.02. The zero-order chi connectivity index (χ0) is 20.1. The van der Waals surface area contributed by atoms with Crippen molar-refractivity contribution in [3.63, 3.8) is 0 Å². The Labute approximate surface area is 164 Å². The summed E-state index contributed by atoms with van der Waals surface area (Å²) in [6.45, 7) is 0. The third-order valence-electron chi connectivity index (χ3n) is 4.04. The van der Waals surface area contributed by atoms with E-state index in [0.29, 0.717) is 22.6 Å². The van der Waals surface area contributed by atoms with Crippen LogP contribution in [0.2, 0.25) is 0 Å². The highest BCUT2D eigenvalue weighted by molar-refractivity contribution is 5.97. The predicted octanol–water partition coefficient (Wildman–Crippen LogP) is 2.59. The van der Waals surface area contributed by atoms with Crippen LogP contribution in [-0.2, 0) is 4.79 Å². The van der Waals surface area contributed by atoms with Gasteiger partial charge in [-0.2, -0.15) is 5.21 Å². The summed E-state index contributed by atoms with van der Waals surface area (Å²) in [7, 11) is 0. The first-order valence-electron chi connectivity index (χ1n) is 8.63. The highest BCUT2D eigenvalue weighted by Gasteiger charge is 2.22. The normalized spacial score (nSPS) is 11.6. The Bertz CT molecular complexity index is 1070. The maximum absolute atomic E-state index is 13.3. The summed E-state index contributed by atoms with van der Waals surface area (Å²) < 4.78 is 13.3. The van der Waals surface area contributed by atoms with Gasteiger partial charge in [0.25, 0.3) is 5.91 Å². The van der Waals surface area contributed by atoms with Gasteiger partial charge in [0.2, 0.25) is 11.8 Å². The third kappa shape index (κ3) is 4.38. The zero-order valence-corrected chi connectivity index (χ0v) is 15.0. The van der Waals surface area contributed by atoms with Gasteiger partial charge in [0, 0.05) is 18.1 Å². The maximum atomic E-state index is 13.3. The summed E-state index contributed by atoms with van der Waals surface area (Å²) in [6, 6.07) is 13.8. The molecule has 29 heavy (non-hydrogen) atoms. The van der Waals surface area contributed by atoms with Gasteiger partial charge in [0.15, 0.2) is 0 Å².